The van der Waals surface area contributed by atoms with Gasteiger partial charge in [0.2, 0.25) is 0 Å². The Morgan fingerprint density at radius 2 is 2.04 bits per heavy atom. The lowest BCUT2D eigenvalue weighted by atomic mass is 10.1. The zero-order chi connectivity index (χ0) is 18.1. The molecule has 9 nitrogen and oxygen atoms in total. The molecule has 1 aliphatic rings. The quantitative estimate of drug-likeness (QED) is 0.703. The minimum atomic E-state index is -0.279. The van der Waals surface area contributed by atoms with Gasteiger partial charge in [-0.1, -0.05) is 0 Å². The van der Waals surface area contributed by atoms with Crippen molar-refractivity contribution in [3.05, 3.63) is 18.1 Å². The maximum Gasteiger partial charge on any atom is 0.409 e. The second-order valence-corrected chi connectivity index (χ2v) is 5.64. The number of carbonyl (C=O) groups is 2. The van der Waals surface area contributed by atoms with Crippen LogP contribution in [0.1, 0.15) is 30.3 Å². The molecule has 2 heterocycles. The lowest BCUT2D eigenvalue weighted by Gasteiger charge is -2.31. The Hall–Kier alpha value is -2.42. The van der Waals surface area contributed by atoms with Crippen molar-refractivity contribution < 1.29 is 19.1 Å². The molecule has 1 fully saturated rings. The van der Waals surface area contributed by atoms with E-state index < -0.39 is 0 Å². The summed E-state index contributed by atoms with van der Waals surface area (Å²) >= 11 is 0. The Bertz CT molecular complexity index is 558. The molecule has 0 aliphatic carbocycles. The molecule has 0 unspecified atom stereocenters. The van der Waals surface area contributed by atoms with E-state index in [0.717, 1.165) is 12.8 Å². The first kappa shape index (κ1) is 18.9. The standard InChI is InChI=1S/C16H25N5O4/c1-3-25-16(23)21-7-4-12(5-8-21)20-14-11-18-13(10-19-14)15(22)17-6-9-24-2/h10-12H,3-9H2,1-2H3,(H,17,22)(H,19,20). The molecule has 138 valence electrons. The number of likely N-dealkylation sites (tertiary alicyclic amines) is 1. The van der Waals surface area contributed by atoms with Crippen molar-refractivity contribution in [1.29, 1.82) is 0 Å². The van der Waals surface area contributed by atoms with E-state index in [1.54, 1.807) is 25.1 Å². The number of anilines is 1. The van der Waals surface area contributed by atoms with Crippen LogP contribution in [-0.2, 0) is 9.47 Å². The Balaban J connectivity index is 1.78. The maximum atomic E-state index is 11.8. The van der Waals surface area contributed by atoms with Gasteiger partial charge in [-0.05, 0) is 19.8 Å². The summed E-state index contributed by atoms with van der Waals surface area (Å²) in [6, 6.07) is 0.210. The number of hydrogen-bond acceptors (Lipinski definition) is 7. The number of carbonyl (C=O) groups excluding carboxylic acids is 2. The van der Waals surface area contributed by atoms with Crippen LogP contribution in [0.5, 0.6) is 0 Å². The summed E-state index contributed by atoms with van der Waals surface area (Å²) in [7, 11) is 1.57. The van der Waals surface area contributed by atoms with Crippen LogP contribution in [0.4, 0.5) is 10.6 Å². The van der Waals surface area contributed by atoms with Gasteiger partial charge in [0.25, 0.3) is 5.91 Å². The molecule has 0 bridgehead atoms. The van der Waals surface area contributed by atoms with Crippen molar-refractivity contribution >= 4 is 17.8 Å². The van der Waals surface area contributed by atoms with Gasteiger partial charge in [0, 0.05) is 32.8 Å². The zero-order valence-electron chi connectivity index (χ0n) is 14.7. The lowest BCUT2D eigenvalue weighted by Crippen LogP contribution is -2.42. The number of amides is 2. The van der Waals surface area contributed by atoms with Gasteiger partial charge in [0.05, 0.1) is 25.6 Å². The van der Waals surface area contributed by atoms with Gasteiger partial charge in [-0.25, -0.2) is 14.8 Å². The van der Waals surface area contributed by atoms with Crippen LogP contribution in [0.25, 0.3) is 0 Å². The summed E-state index contributed by atoms with van der Waals surface area (Å²) in [4.78, 5) is 33.6. The van der Waals surface area contributed by atoms with Crippen molar-refractivity contribution in [2.45, 2.75) is 25.8 Å². The number of hydrogen-bond donors (Lipinski definition) is 2. The highest BCUT2D eigenvalue weighted by atomic mass is 16.6. The molecule has 1 saturated heterocycles. The topological polar surface area (TPSA) is 106 Å². The van der Waals surface area contributed by atoms with Crippen LogP contribution in [0.3, 0.4) is 0 Å². The fourth-order valence-electron chi connectivity index (χ4n) is 2.51. The van der Waals surface area contributed by atoms with Crippen LogP contribution in [0.2, 0.25) is 0 Å². The van der Waals surface area contributed by atoms with Crippen LogP contribution in [0, 0.1) is 0 Å². The van der Waals surface area contributed by atoms with E-state index in [2.05, 4.69) is 20.6 Å². The second-order valence-electron chi connectivity index (χ2n) is 5.64. The molecule has 0 radical (unpaired) electrons. The summed E-state index contributed by atoms with van der Waals surface area (Å²) < 4.78 is 9.88. The van der Waals surface area contributed by atoms with Gasteiger partial charge < -0.3 is 25.0 Å². The molecule has 1 aromatic heterocycles. The largest absolute Gasteiger partial charge is 0.450 e. The first-order valence-electron chi connectivity index (χ1n) is 8.41. The molecular formula is C16H25N5O4. The monoisotopic (exact) mass is 351 g/mol. The maximum absolute atomic E-state index is 11.8. The second kappa shape index (κ2) is 9.77. The lowest BCUT2D eigenvalue weighted by molar-refractivity contribution is 0.0931. The van der Waals surface area contributed by atoms with E-state index in [-0.39, 0.29) is 23.7 Å². The average molecular weight is 351 g/mol. The molecule has 0 aromatic carbocycles. The number of nitrogens with one attached hydrogen (secondary N) is 2. The smallest absolute Gasteiger partial charge is 0.409 e. The molecule has 1 aliphatic heterocycles. The number of rotatable bonds is 7. The fraction of sp³-hybridized carbons (Fsp3) is 0.625. The SMILES string of the molecule is CCOC(=O)N1CCC(Nc2cnc(C(=O)NCCOC)cn2)CC1. The summed E-state index contributed by atoms with van der Waals surface area (Å²) in [5.74, 6) is 0.335. The Labute approximate surface area is 147 Å². The van der Waals surface area contributed by atoms with Gasteiger partial charge in [-0.3, -0.25) is 4.79 Å². The third-order valence-corrected chi connectivity index (χ3v) is 3.85. The minimum absolute atomic E-state index is 0.210. The molecule has 2 N–H and O–H groups in total. The van der Waals surface area contributed by atoms with Crippen molar-refractivity contribution in [2.75, 3.05) is 45.3 Å². The van der Waals surface area contributed by atoms with E-state index in [9.17, 15) is 9.59 Å². The van der Waals surface area contributed by atoms with Gasteiger partial charge >= 0.3 is 6.09 Å². The molecule has 1 aromatic rings. The number of methoxy groups -OCH3 is 1. The predicted molar refractivity (Wildman–Crippen MR) is 91.5 cm³/mol. The van der Waals surface area contributed by atoms with E-state index in [1.807, 2.05) is 0 Å². The summed E-state index contributed by atoms with van der Waals surface area (Å²) in [6.07, 6.45) is 4.34. The van der Waals surface area contributed by atoms with Crippen molar-refractivity contribution in [3.8, 4) is 0 Å². The first-order valence-corrected chi connectivity index (χ1v) is 8.41. The van der Waals surface area contributed by atoms with Gasteiger partial charge in [-0.15, -0.1) is 0 Å². The molecular weight excluding hydrogens is 326 g/mol. The van der Waals surface area contributed by atoms with E-state index in [4.69, 9.17) is 9.47 Å². The summed E-state index contributed by atoms with van der Waals surface area (Å²) in [5, 5.41) is 5.98. The summed E-state index contributed by atoms with van der Waals surface area (Å²) in [6.45, 7) is 4.34. The van der Waals surface area contributed by atoms with E-state index in [0.29, 0.717) is 38.7 Å². The Kier molecular flexibility index (Phi) is 7.39. The van der Waals surface area contributed by atoms with Gasteiger partial charge in [0.1, 0.15) is 11.5 Å². The number of piperidine rings is 1. The highest BCUT2D eigenvalue weighted by molar-refractivity contribution is 5.91. The first-order chi connectivity index (χ1) is 12.1. The minimum Gasteiger partial charge on any atom is -0.450 e. The molecule has 25 heavy (non-hydrogen) atoms. The predicted octanol–water partition coefficient (Wildman–Crippen LogP) is 0.886. The van der Waals surface area contributed by atoms with Crippen molar-refractivity contribution in [3.63, 3.8) is 0 Å². The molecule has 2 rings (SSSR count). The highest BCUT2D eigenvalue weighted by Crippen LogP contribution is 2.15. The normalized spacial score (nSPS) is 14.9. The number of nitrogens with zero attached hydrogens (tertiary/aromatic N) is 3. The van der Waals surface area contributed by atoms with Crippen LogP contribution in [-0.4, -0.2) is 72.9 Å². The number of ether oxygens (including phenoxy) is 2. The van der Waals surface area contributed by atoms with E-state index in [1.165, 1.54) is 6.20 Å². The van der Waals surface area contributed by atoms with Crippen LogP contribution in [0.15, 0.2) is 12.4 Å². The van der Waals surface area contributed by atoms with Crippen LogP contribution < -0.4 is 10.6 Å². The number of aromatic nitrogens is 2. The van der Waals surface area contributed by atoms with Crippen molar-refractivity contribution in [1.82, 2.24) is 20.2 Å². The average Bonchev–Trinajstić information content (AvgIpc) is 2.63. The third kappa shape index (κ3) is 5.86. The summed E-state index contributed by atoms with van der Waals surface area (Å²) in [5.41, 5.74) is 0.263. The van der Waals surface area contributed by atoms with Crippen molar-refractivity contribution in [2.24, 2.45) is 0 Å². The molecule has 2 amide bonds. The van der Waals surface area contributed by atoms with Gasteiger partial charge in [-0.2, -0.15) is 0 Å². The van der Waals surface area contributed by atoms with Crippen LogP contribution >= 0.6 is 0 Å². The zero-order valence-corrected chi connectivity index (χ0v) is 14.7. The molecule has 0 saturated carbocycles. The third-order valence-electron chi connectivity index (χ3n) is 3.85. The fourth-order valence-corrected chi connectivity index (χ4v) is 2.51. The molecule has 0 spiro atoms. The van der Waals surface area contributed by atoms with E-state index >= 15 is 0 Å². The Morgan fingerprint density at radius 1 is 1.28 bits per heavy atom. The Morgan fingerprint density at radius 3 is 2.64 bits per heavy atom. The van der Waals surface area contributed by atoms with Gasteiger partial charge in [0.15, 0.2) is 0 Å². The molecule has 0 atom stereocenters. The molecule has 9 heteroatoms. The highest BCUT2D eigenvalue weighted by Gasteiger charge is 2.23.